The maximum absolute atomic E-state index is 11.5. The first-order valence-electron chi connectivity index (χ1n) is 5.92. The van der Waals surface area contributed by atoms with Crippen LogP contribution in [0.25, 0.3) is 0 Å². The Labute approximate surface area is 92.4 Å². The lowest BCUT2D eigenvalue weighted by atomic mass is 10.1. The summed E-state index contributed by atoms with van der Waals surface area (Å²) in [6.45, 7) is 5.46. The minimum Gasteiger partial charge on any atom is -0.355 e. The van der Waals surface area contributed by atoms with Crippen molar-refractivity contribution in [3.8, 4) is 0 Å². The van der Waals surface area contributed by atoms with Gasteiger partial charge >= 0.3 is 0 Å². The van der Waals surface area contributed by atoms with Gasteiger partial charge in [0.1, 0.15) is 0 Å². The Morgan fingerprint density at radius 3 is 3.00 bits per heavy atom. The van der Waals surface area contributed by atoms with Crippen LogP contribution < -0.4 is 10.6 Å². The van der Waals surface area contributed by atoms with E-state index in [0.29, 0.717) is 12.6 Å². The number of nitrogens with zero attached hydrogens (tertiary/aromatic N) is 1. The van der Waals surface area contributed by atoms with Crippen LogP contribution in [0.15, 0.2) is 0 Å². The highest BCUT2D eigenvalue weighted by atomic mass is 16.2. The monoisotopic (exact) mass is 213 g/mol. The Morgan fingerprint density at radius 1 is 1.53 bits per heavy atom. The summed E-state index contributed by atoms with van der Waals surface area (Å²) in [5.74, 6) is 0.161. The number of hydrogen-bond donors (Lipinski definition) is 2. The van der Waals surface area contributed by atoms with Crippen LogP contribution in [0.3, 0.4) is 0 Å². The zero-order valence-electron chi connectivity index (χ0n) is 9.88. The molecule has 1 aliphatic rings. The predicted octanol–water partition coefficient (Wildman–Crippen LogP) is 0.196. The van der Waals surface area contributed by atoms with Crippen molar-refractivity contribution in [2.24, 2.45) is 0 Å². The molecule has 1 amide bonds. The summed E-state index contributed by atoms with van der Waals surface area (Å²) in [7, 11) is 1.99. The van der Waals surface area contributed by atoms with Gasteiger partial charge in [0.05, 0.1) is 6.54 Å². The standard InChI is InChI=1S/C11H23N3O/c1-3-6-13-11(15)9-14-7-4-5-10(8-14)12-2/h10,12H,3-9H2,1-2H3,(H,13,15). The number of carbonyl (C=O) groups excluding carboxylic acids is 1. The van der Waals surface area contributed by atoms with E-state index >= 15 is 0 Å². The van der Waals surface area contributed by atoms with Crippen LogP contribution in [0.2, 0.25) is 0 Å². The van der Waals surface area contributed by atoms with Gasteiger partial charge < -0.3 is 10.6 Å². The number of likely N-dealkylation sites (tertiary alicyclic amines) is 1. The minimum atomic E-state index is 0.161. The highest BCUT2D eigenvalue weighted by Crippen LogP contribution is 2.08. The molecule has 0 spiro atoms. The molecule has 0 aliphatic carbocycles. The van der Waals surface area contributed by atoms with E-state index < -0.39 is 0 Å². The van der Waals surface area contributed by atoms with Crippen LogP contribution in [0.4, 0.5) is 0 Å². The molecular formula is C11H23N3O. The SMILES string of the molecule is CCCNC(=O)CN1CCCC(NC)C1. The lowest BCUT2D eigenvalue weighted by Gasteiger charge is -2.31. The molecule has 1 atom stereocenters. The summed E-state index contributed by atoms with van der Waals surface area (Å²) in [4.78, 5) is 13.7. The van der Waals surface area contributed by atoms with E-state index in [4.69, 9.17) is 0 Å². The molecule has 0 aromatic rings. The first-order chi connectivity index (χ1) is 7.26. The number of carbonyl (C=O) groups is 1. The second-order valence-corrected chi connectivity index (χ2v) is 4.21. The lowest BCUT2D eigenvalue weighted by molar-refractivity contribution is -0.122. The van der Waals surface area contributed by atoms with Gasteiger partial charge in [-0.3, -0.25) is 9.69 Å². The van der Waals surface area contributed by atoms with E-state index in [2.05, 4.69) is 22.5 Å². The van der Waals surface area contributed by atoms with Gasteiger partial charge in [-0.1, -0.05) is 6.92 Å². The third-order valence-corrected chi connectivity index (χ3v) is 2.85. The smallest absolute Gasteiger partial charge is 0.234 e. The largest absolute Gasteiger partial charge is 0.355 e. The molecule has 4 heteroatoms. The average Bonchev–Trinajstić information content (AvgIpc) is 2.26. The van der Waals surface area contributed by atoms with Crippen LogP contribution in [-0.4, -0.2) is 50.1 Å². The van der Waals surface area contributed by atoms with Gasteiger partial charge in [-0.15, -0.1) is 0 Å². The number of hydrogen-bond acceptors (Lipinski definition) is 3. The summed E-state index contributed by atoms with van der Waals surface area (Å²) in [6, 6.07) is 0.553. The molecule has 15 heavy (non-hydrogen) atoms. The van der Waals surface area contributed by atoms with Gasteiger partial charge in [0.15, 0.2) is 0 Å². The number of nitrogens with one attached hydrogen (secondary N) is 2. The normalized spacial score (nSPS) is 22.7. The molecule has 0 aromatic carbocycles. The summed E-state index contributed by atoms with van der Waals surface area (Å²) in [6.07, 6.45) is 3.42. The van der Waals surface area contributed by atoms with Crippen molar-refractivity contribution in [2.75, 3.05) is 33.2 Å². The van der Waals surface area contributed by atoms with Crippen molar-refractivity contribution < 1.29 is 4.79 Å². The number of piperidine rings is 1. The van der Waals surface area contributed by atoms with E-state index in [0.717, 1.165) is 26.1 Å². The molecule has 88 valence electrons. The van der Waals surface area contributed by atoms with Crippen molar-refractivity contribution in [1.82, 2.24) is 15.5 Å². The van der Waals surface area contributed by atoms with E-state index in [1.165, 1.54) is 12.8 Å². The third-order valence-electron chi connectivity index (χ3n) is 2.85. The van der Waals surface area contributed by atoms with Crippen LogP contribution in [-0.2, 0) is 4.79 Å². The summed E-state index contributed by atoms with van der Waals surface area (Å²) in [5, 5.41) is 6.19. The van der Waals surface area contributed by atoms with Crippen LogP contribution in [0.5, 0.6) is 0 Å². The third kappa shape index (κ3) is 4.62. The maximum atomic E-state index is 11.5. The van der Waals surface area contributed by atoms with Gasteiger partial charge in [0, 0.05) is 19.1 Å². The first kappa shape index (κ1) is 12.5. The van der Waals surface area contributed by atoms with Gasteiger partial charge in [0.25, 0.3) is 0 Å². The zero-order valence-corrected chi connectivity index (χ0v) is 9.88. The fourth-order valence-corrected chi connectivity index (χ4v) is 1.96. The zero-order chi connectivity index (χ0) is 11.1. The van der Waals surface area contributed by atoms with Gasteiger partial charge in [-0.2, -0.15) is 0 Å². The van der Waals surface area contributed by atoms with Gasteiger partial charge in [0.2, 0.25) is 5.91 Å². The molecule has 0 radical (unpaired) electrons. The molecule has 0 saturated carbocycles. The lowest BCUT2D eigenvalue weighted by Crippen LogP contribution is -2.48. The fraction of sp³-hybridized carbons (Fsp3) is 0.909. The van der Waals surface area contributed by atoms with E-state index in [1.807, 2.05) is 7.05 Å². The molecule has 0 aromatic heterocycles. The second kappa shape index (κ2) is 6.80. The maximum Gasteiger partial charge on any atom is 0.234 e. The van der Waals surface area contributed by atoms with E-state index in [1.54, 1.807) is 0 Å². The predicted molar refractivity (Wildman–Crippen MR) is 61.8 cm³/mol. The highest BCUT2D eigenvalue weighted by Gasteiger charge is 2.19. The minimum absolute atomic E-state index is 0.161. The summed E-state index contributed by atoms with van der Waals surface area (Å²) >= 11 is 0. The van der Waals surface area contributed by atoms with Crippen molar-refractivity contribution >= 4 is 5.91 Å². The fourth-order valence-electron chi connectivity index (χ4n) is 1.96. The molecule has 1 saturated heterocycles. The number of rotatable bonds is 5. The Kier molecular flexibility index (Phi) is 5.65. The van der Waals surface area contributed by atoms with Crippen LogP contribution >= 0.6 is 0 Å². The molecular weight excluding hydrogens is 190 g/mol. The topological polar surface area (TPSA) is 44.4 Å². The van der Waals surface area contributed by atoms with Crippen molar-refractivity contribution in [3.05, 3.63) is 0 Å². The molecule has 1 rings (SSSR count). The van der Waals surface area contributed by atoms with Gasteiger partial charge in [-0.05, 0) is 32.9 Å². The van der Waals surface area contributed by atoms with E-state index in [9.17, 15) is 4.79 Å². The van der Waals surface area contributed by atoms with Crippen LogP contribution in [0.1, 0.15) is 26.2 Å². The molecule has 1 unspecified atom stereocenters. The first-order valence-corrected chi connectivity index (χ1v) is 5.92. The molecule has 4 nitrogen and oxygen atoms in total. The summed E-state index contributed by atoms with van der Waals surface area (Å²) < 4.78 is 0. The summed E-state index contributed by atoms with van der Waals surface area (Å²) in [5.41, 5.74) is 0. The molecule has 1 aliphatic heterocycles. The van der Waals surface area contributed by atoms with Crippen molar-refractivity contribution in [1.29, 1.82) is 0 Å². The van der Waals surface area contributed by atoms with Crippen LogP contribution in [0, 0.1) is 0 Å². The second-order valence-electron chi connectivity index (χ2n) is 4.21. The highest BCUT2D eigenvalue weighted by molar-refractivity contribution is 5.77. The Bertz CT molecular complexity index is 196. The Balaban J connectivity index is 2.22. The molecule has 1 fully saturated rings. The van der Waals surface area contributed by atoms with Crippen molar-refractivity contribution in [2.45, 2.75) is 32.2 Å². The van der Waals surface area contributed by atoms with Gasteiger partial charge in [-0.25, -0.2) is 0 Å². The number of likely N-dealkylation sites (N-methyl/N-ethyl adjacent to an activating group) is 1. The quantitative estimate of drug-likeness (QED) is 0.685. The number of amides is 1. The molecule has 1 heterocycles. The molecule has 0 bridgehead atoms. The Morgan fingerprint density at radius 2 is 2.33 bits per heavy atom. The average molecular weight is 213 g/mol. The molecule has 2 N–H and O–H groups in total. The van der Waals surface area contributed by atoms with E-state index in [-0.39, 0.29) is 5.91 Å². The van der Waals surface area contributed by atoms with Crippen molar-refractivity contribution in [3.63, 3.8) is 0 Å². The Hall–Kier alpha value is -0.610.